The molecule has 1 fully saturated rings. The van der Waals surface area contributed by atoms with E-state index in [0.717, 1.165) is 37.5 Å². The molecule has 1 saturated heterocycles. The molecule has 1 atom stereocenters. The Morgan fingerprint density at radius 3 is 2.39 bits per heavy atom. The fourth-order valence-electron chi connectivity index (χ4n) is 2.51. The van der Waals surface area contributed by atoms with Crippen molar-refractivity contribution >= 4 is 12.4 Å². The largest absolute Gasteiger partial charge is 0.490 e. The molecule has 0 aromatic heterocycles. The molecule has 0 radical (unpaired) electrons. The first-order valence-corrected chi connectivity index (χ1v) is 8.48. The van der Waals surface area contributed by atoms with Crippen LogP contribution in [0.25, 0.3) is 0 Å². The zero-order chi connectivity index (χ0) is 15.8. The van der Waals surface area contributed by atoms with Gasteiger partial charge < -0.3 is 19.3 Å². The number of nitrogens with zero attached hydrogens (tertiary/aromatic N) is 2. The lowest BCUT2D eigenvalue weighted by molar-refractivity contribution is 0.144. The molecule has 4 nitrogen and oxygen atoms in total. The molecule has 0 saturated carbocycles. The molecule has 0 amide bonds. The van der Waals surface area contributed by atoms with E-state index in [4.69, 9.17) is 9.47 Å². The number of hydrogen-bond acceptors (Lipinski definition) is 4. The number of benzene rings is 1. The summed E-state index contributed by atoms with van der Waals surface area (Å²) in [4.78, 5) is 4.90. The fourth-order valence-corrected chi connectivity index (χ4v) is 2.51. The zero-order valence-electron chi connectivity index (χ0n) is 14.7. The van der Waals surface area contributed by atoms with Crippen molar-refractivity contribution in [2.45, 2.75) is 32.8 Å². The highest BCUT2D eigenvalue weighted by Gasteiger charge is 2.13. The molecule has 1 aliphatic rings. The average molecular weight is 343 g/mol. The summed E-state index contributed by atoms with van der Waals surface area (Å²) in [6, 6.07) is 7.98. The van der Waals surface area contributed by atoms with Crippen LogP contribution in [0, 0.1) is 0 Å². The number of halogens is 1. The van der Waals surface area contributed by atoms with E-state index in [1.165, 1.54) is 26.2 Å². The van der Waals surface area contributed by atoms with Gasteiger partial charge in [0.1, 0.15) is 0 Å². The highest BCUT2D eigenvalue weighted by atomic mass is 35.5. The quantitative estimate of drug-likeness (QED) is 0.677. The lowest BCUT2D eigenvalue weighted by Gasteiger charge is -2.32. The summed E-state index contributed by atoms with van der Waals surface area (Å²) < 4.78 is 11.8. The van der Waals surface area contributed by atoms with Gasteiger partial charge in [0, 0.05) is 32.7 Å². The molecule has 0 N–H and O–H groups in total. The van der Waals surface area contributed by atoms with Crippen molar-refractivity contribution in [1.29, 1.82) is 0 Å². The van der Waals surface area contributed by atoms with Crippen molar-refractivity contribution in [1.82, 2.24) is 9.80 Å². The van der Waals surface area contributed by atoms with E-state index in [1.807, 2.05) is 24.3 Å². The fraction of sp³-hybridized carbons (Fsp3) is 0.667. The SMILES string of the molecule is CCC(C)Oc1ccccc1OCCCN1CCN(C)CC1.Cl. The van der Waals surface area contributed by atoms with Crippen LogP contribution in [0.2, 0.25) is 0 Å². The monoisotopic (exact) mass is 342 g/mol. The van der Waals surface area contributed by atoms with Crippen LogP contribution in [0.15, 0.2) is 24.3 Å². The van der Waals surface area contributed by atoms with Gasteiger partial charge in [0.2, 0.25) is 0 Å². The van der Waals surface area contributed by atoms with Crippen molar-refractivity contribution in [3.8, 4) is 11.5 Å². The smallest absolute Gasteiger partial charge is 0.161 e. The normalized spacial score (nSPS) is 17.3. The summed E-state index contributed by atoms with van der Waals surface area (Å²) in [7, 11) is 2.19. The number of hydrogen-bond donors (Lipinski definition) is 0. The summed E-state index contributed by atoms with van der Waals surface area (Å²) in [6.07, 6.45) is 2.27. The summed E-state index contributed by atoms with van der Waals surface area (Å²) >= 11 is 0. The van der Waals surface area contributed by atoms with Crippen LogP contribution in [0.3, 0.4) is 0 Å². The third-order valence-corrected chi connectivity index (χ3v) is 4.22. The molecule has 0 aliphatic carbocycles. The third-order valence-electron chi connectivity index (χ3n) is 4.22. The minimum absolute atomic E-state index is 0. The van der Waals surface area contributed by atoms with E-state index in [9.17, 15) is 0 Å². The first-order valence-electron chi connectivity index (χ1n) is 8.48. The maximum Gasteiger partial charge on any atom is 0.161 e. The second kappa shape index (κ2) is 10.7. The second-order valence-electron chi connectivity index (χ2n) is 6.13. The number of piperazine rings is 1. The van der Waals surface area contributed by atoms with Gasteiger partial charge in [0.25, 0.3) is 0 Å². The predicted molar refractivity (Wildman–Crippen MR) is 98.1 cm³/mol. The summed E-state index contributed by atoms with van der Waals surface area (Å²) in [5.74, 6) is 1.72. The van der Waals surface area contributed by atoms with Gasteiger partial charge in [-0.2, -0.15) is 0 Å². The lowest BCUT2D eigenvalue weighted by Crippen LogP contribution is -2.44. The lowest BCUT2D eigenvalue weighted by atomic mass is 10.3. The van der Waals surface area contributed by atoms with Gasteiger partial charge in [-0.25, -0.2) is 0 Å². The van der Waals surface area contributed by atoms with Gasteiger partial charge in [-0.05, 0) is 38.9 Å². The molecule has 23 heavy (non-hydrogen) atoms. The number of rotatable bonds is 8. The van der Waals surface area contributed by atoms with Gasteiger partial charge in [0.05, 0.1) is 12.7 Å². The van der Waals surface area contributed by atoms with Crippen LogP contribution in [-0.2, 0) is 0 Å². The molecule has 5 heteroatoms. The minimum Gasteiger partial charge on any atom is -0.490 e. The molecule has 1 aromatic carbocycles. The Morgan fingerprint density at radius 1 is 1.09 bits per heavy atom. The molecule has 0 spiro atoms. The maximum atomic E-state index is 5.93. The maximum absolute atomic E-state index is 5.93. The van der Waals surface area contributed by atoms with Crippen molar-refractivity contribution in [3.63, 3.8) is 0 Å². The Bertz CT molecular complexity index is 437. The van der Waals surface area contributed by atoms with Gasteiger partial charge in [0.15, 0.2) is 11.5 Å². The molecule has 1 heterocycles. The van der Waals surface area contributed by atoms with Crippen molar-refractivity contribution in [2.24, 2.45) is 0 Å². The van der Waals surface area contributed by atoms with Crippen LogP contribution < -0.4 is 9.47 Å². The van der Waals surface area contributed by atoms with Gasteiger partial charge in [-0.3, -0.25) is 0 Å². The van der Waals surface area contributed by atoms with Crippen LogP contribution in [0.4, 0.5) is 0 Å². The Balaban J connectivity index is 0.00000264. The molecule has 0 bridgehead atoms. The van der Waals surface area contributed by atoms with Gasteiger partial charge >= 0.3 is 0 Å². The Kier molecular flexibility index (Phi) is 9.37. The molecule has 1 aromatic rings. The van der Waals surface area contributed by atoms with Crippen LogP contribution >= 0.6 is 12.4 Å². The van der Waals surface area contributed by atoms with Crippen LogP contribution in [0.1, 0.15) is 26.7 Å². The Hall–Kier alpha value is -0.970. The molecule has 1 aliphatic heterocycles. The standard InChI is InChI=1S/C18H30N2O2.ClH/c1-4-16(2)22-18-9-6-5-8-17(18)21-15-7-10-20-13-11-19(3)12-14-20;/h5-6,8-9,16H,4,7,10-15H2,1-3H3;1H. The van der Waals surface area contributed by atoms with Gasteiger partial charge in [-0.1, -0.05) is 19.1 Å². The van der Waals surface area contributed by atoms with Crippen molar-refractivity contribution in [2.75, 3.05) is 46.4 Å². The van der Waals surface area contributed by atoms with E-state index in [2.05, 4.69) is 30.7 Å². The third kappa shape index (κ3) is 6.98. The zero-order valence-corrected chi connectivity index (χ0v) is 15.5. The average Bonchev–Trinajstić information content (AvgIpc) is 2.54. The van der Waals surface area contributed by atoms with E-state index < -0.39 is 0 Å². The summed E-state index contributed by atoms with van der Waals surface area (Å²) in [6.45, 7) is 10.8. The highest BCUT2D eigenvalue weighted by molar-refractivity contribution is 5.85. The number of para-hydroxylation sites is 2. The Morgan fingerprint density at radius 2 is 1.74 bits per heavy atom. The topological polar surface area (TPSA) is 24.9 Å². The van der Waals surface area contributed by atoms with E-state index in [1.54, 1.807) is 0 Å². The first-order chi connectivity index (χ1) is 10.7. The Labute approximate surface area is 147 Å². The first kappa shape index (κ1) is 20.1. The molecular formula is C18H31ClN2O2. The van der Waals surface area contributed by atoms with Crippen LogP contribution in [0.5, 0.6) is 11.5 Å². The highest BCUT2D eigenvalue weighted by Crippen LogP contribution is 2.27. The number of likely N-dealkylation sites (N-methyl/N-ethyl adjacent to an activating group) is 1. The molecule has 132 valence electrons. The molecule has 2 rings (SSSR count). The van der Waals surface area contributed by atoms with E-state index in [0.29, 0.717) is 0 Å². The summed E-state index contributed by atoms with van der Waals surface area (Å²) in [5.41, 5.74) is 0. The van der Waals surface area contributed by atoms with Gasteiger partial charge in [-0.15, -0.1) is 12.4 Å². The molecular weight excluding hydrogens is 312 g/mol. The van der Waals surface area contributed by atoms with Crippen molar-refractivity contribution < 1.29 is 9.47 Å². The van der Waals surface area contributed by atoms with Crippen LogP contribution in [-0.4, -0.2) is 62.3 Å². The molecule has 1 unspecified atom stereocenters. The second-order valence-corrected chi connectivity index (χ2v) is 6.13. The van der Waals surface area contributed by atoms with Crippen molar-refractivity contribution in [3.05, 3.63) is 24.3 Å². The van der Waals surface area contributed by atoms with E-state index in [-0.39, 0.29) is 18.5 Å². The summed E-state index contributed by atoms with van der Waals surface area (Å²) in [5, 5.41) is 0. The predicted octanol–water partition coefficient (Wildman–Crippen LogP) is 3.30. The number of ether oxygens (including phenoxy) is 2. The van der Waals surface area contributed by atoms with E-state index >= 15 is 0 Å². The minimum atomic E-state index is 0.